The minimum Gasteiger partial charge on any atom is -0.365 e. The number of imide groups is 1. The first-order valence-electron chi connectivity index (χ1n) is 12.7. The van der Waals surface area contributed by atoms with Crippen LogP contribution in [0.3, 0.4) is 0 Å². The molecule has 0 radical (unpaired) electrons. The molecule has 3 amide bonds. The molecule has 0 unspecified atom stereocenters. The molecule has 1 spiro atoms. The molecular weight excluding hydrogens is 456 g/mol. The number of H-pyrrole nitrogens is 1. The molecule has 5 heterocycles. The van der Waals surface area contributed by atoms with Crippen molar-refractivity contribution in [3.63, 3.8) is 0 Å². The molecular formula is C28H28N4O4. The van der Waals surface area contributed by atoms with Gasteiger partial charge in [0.2, 0.25) is 11.8 Å². The first-order valence-corrected chi connectivity index (χ1v) is 12.7. The van der Waals surface area contributed by atoms with Gasteiger partial charge in [0.1, 0.15) is 6.04 Å². The zero-order valence-corrected chi connectivity index (χ0v) is 20.0. The predicted molar refractivity (Wildman–Crippen MR) is 132 cm³/mol. The maximum absolute atomic E-state index is 13.2. The van der Waals surface area contributed by atoms with E-state index >= 15 is 0 Å². The van der Waals surface area contributed by atoms with E-state index in [9.17, 15) is 14.4 Å². The van der Waals surface area contributed by atoms with E-state index in [0.717, 1.165) is 43.6 Å². The minimum absolute atomic E-state index is 0.128. The summed E-state index contributed by atoms with van der Waals surface area (Å²) in [6, 6.07) is 12.0. The number of carbonyl (C=O) groups is 3. The highest BCUT2D eigenvalue weighted by Crippen LogP contribution is 2.47. The number of benzene rings is 2. The molecule has 4 aliphatic heterocycles. The largest absolute Gasteiger partial charge is 0.365 e. The van der Waals surface area contributed by atoms with Crippen molar-refractivity contribution in [2.45, 2.75) is 57.0 Å². The van der Waals surface area contributed by atoms with Crippen molar-refractivity contribution < 1.29 is 19.1 Å². The van der Waals surface area contributed by atoms with Crippen molar-refractivity contribution >= 4 is 28.6 Å². The van der Waals surface area contributed by atoms with Gasteiger partial charge in [-0.25, -0.2) is 0 Å². The van der Waals surface area contributed by atoms with Gasteiger partial charge in [-0.15, -0.1) is 0 Å². The maximum Gasteiger partial charge on any atom is 0.255 e. The average molecular weight is 485 g/mol. The lowest BCUT2D eigenvalue weighted by molar-refractivity contribution is -0.136. The van der Waals surface area contributed by atoms with Gasteiger partial charge in [-0.1, -0.05) is 18.2 Å². The molecule has 8 heteroatoms. The summed E-state index contributed by atoms with van der Waals surface area (Å²) in [4.78, 5) is 44.6. The first kappa shape index (κ1) is 21.8. The molecule has 36 heavy (non-hydrogen) atoms. The molecule has 4 aliphatic rings. The van der Waals surface area contributed by atoms with Crippen molar-refractivity contribution in [3.8, 4) is 0 Å². The van der Waals surface area contributed by atoms with Gasteiger partial charge in [-0.3, -0.25) is 24.6 Å². The molecule has 0 aliphatic carbocycles. The van der Waals surface area contributed by atoms with Crippen LogP contribution < -0.4 is 5.32 Å². The van der Waals surface area contributed by atoms with Gasteiger partial charge in [0.15, 0.2) is 0 Å². The molecule has 0 bridgehead atoms. The number of nitrogens with one attached hydrogen (secondary N) is 2. The van der Waals surface area contributed by atoms with Crippen molar-refractivity contribution in [2.75, 3.05) is 13.1 Å². The van der Waals surface area contributed by atoms with Crippen molar-refractivity contribution in [1.29, 1.82) is 0 Å². The van der Waals surface area contributed by atoms with Gasteiger partial charge in [-0.2, -0.15) is 0 Å². The number of aromatic amines is 1. The van der Waals surface area contributed by atoms with Crippen LogP contribution in [-0.4, -0.2) is 51.6 Å². The van der Waals surface area contributed by atoms with Crippen LogP contribution in [0.5, 0.6) is 0 Å². The Kier molecular flexibility index (Phi) is 4.84. The number of fused-ring (bicyclic) bond motifs is 5. The Labute approximate surface area is 208 Å². The number of piperidine rings is 2. The van der Waals surface area contributed by atoms with Crippen molar-refractivity contribution in [1.82, 2.24) is 20.1 Å². The molecule has 1 atom stereocenters. The van der Waals surface area contributed by atoms with Crippen LogP contribution in [0.1, 0.15) is 58.3 Å². The van der Waals surface area contributed by atoms with Crippen molar-refractivity contribution in [2.24, 2.45) is 0 Å². The summed E-state index contributed by atoms with van der Waals surface area (Å²) in [6.45, 7) is 3.70. The lowest BCUT2D eigenvalue weighted by atomic mass is 9.82. The lowest BCUT2D eigenvalue weighted by Gasteiger charge is -2.39. The van der Waals surface area contributed by atoms with Gasteiger partial charge in [0, 0.05) is 55.3 Å². The highest BCUT2D eigenvalue weighted by atomic mass is 16.5. The second-order valence-corrected chi connectivity index (χ2v) is 10.4. The second kappa shape index (κ2) is 8.01. The number of amides is 3. The van der Waals surface area contributed by atoms with Crippen LogP contribution in [-0.2, 0) is 39.6 Å². The maximum atomic E-state index is 13.2. The van der Waals surface area contributed by atoms with E-state index in [4.69, 9.17) is 4.74 Å². The minimum atomic E-state index is -0.595. The molecule has 2 fully saturated rings. The Balaban J connectivity index is 1.10. The summed E-state index contributed by atoms with van der Waals surface area (Å²) in [7, 11) is 0. The van der Waals surface area contributed by atoms with Gasteiger partial charge in [0.05, 0.1) is 12.2 Å². The first-order chi connectivity index (χ1) is 17.5. The average Bonchev–Trinajstić information content (AvgIpc) is 3.58. The highest BCUT2D eigenvalue weighted by Gasteiger charge is 2.47. The van der Waals surface area contributed by atoms with E-state index in [2.05, 4.69) is 45.5 Å². The summed E-state index contributed by atoms with van der Waals surface area (Å²) < 4.78 is 6.50. The Morgan fingerprint density at radius 3 is 2.72 bits per heavy atom. The molecule has 2 saturated heterocycles. The zero-order valence-electron chi connectivity index (χ0n) is 20.0. The van der Waals surface area contributed by atoms with E-state index in [1.54, 1.807) is 4.90 Å². The quantitative estimate of drug-likeness (QED) is 0.558. The Bertz CT molecular complexity index is 1420. The molecule has 184 valence electrons. The number of hydrogen-bond donors (Lipinski definition) is 2. The third kappa shape index (κ3) is 3.24. The number of likely N-dealkylation sites (tertiary alicyclic amines) is 1. The molecule has 2 aromatic carbocycles. The molecule has 3 aromatic rings. The lowest BCUT2D eigenvalue weighted by Crippen LogP contribution is -2.52. The fraction of sp³-hybridized carbons (Fsp3) is 0.393. The fourth-order valence-corrected chi connectivity index (χ4v) is 6.60. The number of rotatable bonds is 3. The normalized spacial score (nSPS) is 23.4. The molecule has 0 saturated carbocycles. The van der Waals surface area contributed by atoms with Crippen LogP contribution in [0, 0.1) is 0 Å². The zero-order chi connectivity index (χ0) is 24.4. The van der Waals surface area contributed by atoms with Crippen LogP contribution >= 0.6 is 0 Å². The fourth-order valence-electron chi connectivity index (χ4n) is 6.60. The van der Waals surface area contributed by atoms with E-state index in [0.29, 0.717) is 25.1 Å². The van der Waals surface area contributed by atoms with E-state index in [1.165, 1.54) is 22.0 Å². The van der Waals surface area contributed by atoms with Gasteiger partial charge < -0.3 is 14.6 Å². The van der Waals surface area contributed by atoms with E-state index < -0.39 is 6.04 Å². The molecule has 2 N–H and O–H groups in total. The summed E-state index contributed by atoms with van der Waals surface area (Å²) in [5.74, 6) is -0.774. The van der Waals surface area contributed by atoms with Crippen LogP contribution in [0.4, 0.5) is 0 Å². The standard InChI is InChI=1S/C28H28N4O4/c33-25-7-6-24(26(34)30-25)32-15-20-19(27(32)35)4-5-22-21(20)16-36-28(22)9-12-31(13-10-28)14-17-2-1-3-23-18(17)8-11-29-23/h1-5,8,11,24,29H,6-7,9-10,12-16H2,(H,30,33,34)/t24-/m0/s1. The summed E-state index contributed by atoms with van der Waals surface area (Å²) in [5, 5.41) is 3.66. The third-order valence-electron chi connectivity index (χ3n) is 8.56. The summed E-state index contributed by atoms with van der Waals surface area (Å²) >= 11 is 0. The van der Waals surface area contributed by atoms with E-state index in [-0.39, 0.29) is 29.7 Å². The molecule has 1 aromatic heterocycles. The smallest absolute Gasteiger partial charge is 0.255 e. The third-order valence-corrected chi connectivity index (χ3v) is 8.56. The predicted octanol–water partition coefficient (Wildman–Crippen LogP) is 2.95. The molecule has 7 rings (SSSR count). The summed E-state index contributed by atoms with van der Waals surface area (Å²) in [5.41, 5.74) is 6.15. The van der Waals surface area contributed by atoms with Gasteiger partial charge in [0.25, 0.3) is 5.91 Å². The number of nitrogens with zero attached hydrogens (tertiary/aromatic N) is 2. The van der Waals surface area contributed by atoms with E-state index in [1.807, 2.05) is 12.3 Å². The molecule has 8 nitrogen and oxygen atoms in total. The number of aromatic nitrogens is 1. The number of hydrogen-bond acceptors (Lipinski definition) is 5. The Morgan fingerprint density at radius 2 is 1.89 bits per heavy atom. The van der Waals surface area contributed by atoms with Crippen LogP contribution in [0.15, 0.2) is 42.6 Å². The van der Waals surface area contributed by atoms with Gasteiger partial charge >= 0.3 is 0 Å². The number of ether oxygens (including phenoxy) is 1. The second-order valence-electron chi connectivity index (χ2n) is 10.4. The van der Waals surface area contributed by atoms with Crippen molar-refractivity contribution in [3.05, 3.63) is 70.4 Å². The topological polar surface area (TPSA) is 94.7 Å². The Hall–Kier alpha value is -3.49. The highest BCUT2D eigenvalue weighted by molar-refractivity contribution is 6.05. The summed E-state index contributed by atoms with van der Waals surface area (Å²) in [6.07, 6.45) is 4.45. The number of carbonyl (C=O) groups excluding carboxylic acids is 3. The van der Waals surface area contributed by atoms with Crippen LogP contribution in [0.25, 0.3) is 10.9 Å². The monoisotopic (exact) mass is 484 g/mol. The van der Waals surface area contributed by atoms with Gasteiger partial charge in [-0.05, 0) is 59.7 Å². The van der Waals surface area contributed by atoms with Crippen LogP contribution in [0.2, 0.25) is 0 Å². The SMILES string of the molecule is O=C1CC[C@H](N2Cc3c(ccc4c3COC43CCN(Cc4cccc5[nH]ccc45)CC3)C2=O)C(=O)N1. The Morgan fingerprint density at radius 1 is 1.03 bits per heavy atom.